The second-order valence-electron chi connectivity index (χ2n) is 4.73. The van der Waals surface area contributed by atoms with Gasteiger partial charge in [0.15, 0.2) is 0 Å². The number of carboxylic acid groups (broad SMARTS) is 1. The molecule has 0 spiro atoms. The van der Waals surface area contributed by atoms with Gasteiger partial charge in [0.1, 0.15) is 6.04 Å². The zero-order valence-corrected chi connectivity index (χ0v) is 9.11. The molecule has 2 fully saturated rings. The van der Waals surface area contributed by atoms with Gasteiger partial charge in [0.05, 0.1) is 6.61 Å². The Balaban J connectivity index is 1.84. The first-order valence-corrected chi connectivity index (χ1v) is 5.75. The Morgan fingerprint density at radius 1 is 1.40 bits per heavy atom. The minimum absolute atomic E-state index is 0.245. The van der Waals surface area contributed by atoms with E-state index in [1.54, 1.807) is 0 Å². The highest BCUT2D eigenvalue weighted by Gasteiger charge is 2.38. The standard InChI is InChI=1S/C11H19NO3/c1-7(9-4-5-15-6-9)12-10(11(13)14)8-2-3-8/h7-10,12H,2-6H2,1H3,(H,13,14). The van der Waals surface area contributed by atoms with Crippen molar-refractivity contribution in [3.05, 3.63) is 0 Å². The summed E-state index contributed by atoms with van der Waals surface area (Å²) in [6.07, 6.45) is 3.15. The molecule has 0 amide bonds. The van der Waals surface area contributed by atoms with Crippen LogP contribution in [0.2, 0.25) is 0 Å². The fourth-order valence-corrected chi connectivity index (χ4v) is 2.20. The first kappa shape index (κ1) is 10.9. The molecule has 1 heterocycles. The van der Waals surface area contributed by atoms with Gasteiger partial charge in [-0.2, -0.15) is 0 Å². The largest absolute Gasteiger partial charge is 0.480 e. The molecule has 1 aliphatic heterocycles. The predicted molar refractivity (Wildman–Crippen MR) is 55.7 cm³/mol. The lowest BCUT2D eigenvalue weighted by Gasteiger charge is -2.23. The minimum Gasteiger partial charge on any atom is -0.480 e. The molecule has 0 radical (unpaired) electrons. The highest BCUT2D eigenvalue weighted by Crippen LogP contribution is 2.33. The van der Waals surface area contributed by atoms with Crippen LogP contribution in [0.4, 0.5) is 0 Å². The first-order chi connectivity index (χ1) is 7.18. The topological polar surface area (TPSA) is 58.6 Å². The van der Waals surface area contributed by atoms with Gasteiger partial charge in [0.2, 0.25) is 0 Å². The van der Waals surface area contributed by atoms with Gasteiger partial charge >= 0.3 is 5.97 Å². The lowest BCUT2D eigenvalue weighted by atomic mass is 9.99. The first-order valence-electron chi connectivity index (χ1n) is 5.75. The Hall–Kier alpha value is -0.610. The van der Waals surface area contributed by atoms with Crippen LogP contribution in [0, 0.1) is 11.8 Å². The third-order valence-corrected chi connectivity index (χ3v) is 3.47. The van der Waals surface area contributed by atoms with Crippen LogP contribution in [0.1, 0.15) is 26.2 Å². The van der Waals surface area contributed by atoms with Crippen LogP contribution >= 0.6 is 0 Å². The number of carboxylic acids is 1. The fraction of sp³-hybridized carbons (Fsp3) is 0.909. The van der Waals surface area contributed by atoms with Crippen LogP contribution in [0.5, 0.6) is 0 Å². The third-order valence-electron chi connectivity index (χ3n) is 3.47. The van der Waals surface area contributed by atoms with Crippen molar-refractivity contribution in [1.29, 1.82) is 0 Å². The van der Waals surface area contributed by atoms with Crippen LogP contribution in [0.15, 0.2) is 0 Å². The van der Waals surface area contributed by atoms with E-state index in [1.165, 1.54) is 0 Å². The van der Waals surface area contributed by atoms with Crippen LogP contribution in [-0.4, -0.2) is 36.4 Å². The predicted octanol–water partition coefficient (Wildman–Crippen LogP) is 0.864. The second-order valence-corrected chi connectivity index (χ2v) is 4.73. The van der Waals surface area contributed by atoms with Gasteiger partial charge in [-0.3, -0.25) is 4.79 Å². The Morgan fingerprint density at radius 2 is 2.13 bits per heavy atom. The van der Waals surface area contributed by atoms with E-state index in [9.17, 15) is 4.79 Å². The maximum absolute atomic E-state index is 11.0. The summed E-state index contributed by atoms with van der Waals surface area (Å²) in [5.41, 5.74) is 0. The third kappa shape index (κ3) is 2.69. The van der Waals surface area contributed by atoms with E-state index in [0.29, 0.717) is 11.8 Å². The van der Waals surface area contributed by atoms with Gasteiger partial charge in [-0.05, 0) is 38.0 Å². The molecule has 2 N–H and O–H groups in total. The van der Waals surface area contributed by atoms with Gasteiger partial charge in [0, 0.05) is 12.6 Å². The molecule has 15 heavy (non-hydrogen) atoms. The summed E-state index contributed by atoms with van der Waals surface area (Å²) in [5, 5.41) is 12.3. The molecule has 0 aromatic rings. The van der Waals surface area contributed by atoms with E-state index in [4.69, 9.17) is 9.84 Å². The molecule has 0 aromatic carbocycles. The summed E-state index contributed by atoms with van der Waals surface area (Å²) in [5.74, 6) is 0.126. The molecular weight excluding hydrogens is 194 g/mol. The van der Waals surface area contributed by atoms with Crippen molar-refractivity contribution in [2.45, 2.75) is 38.3 Å². The number of rotatable bonds is 5. The van der Waals surface area contributed by atoms with Crippen molar-refractivity contribution in [2.75, 3.05) is 13.2 Å². The lowest BCUT2D eigenvalue weighted by Crippen LogP contribution is -2.46. The van der Waals surface area contributed by atoms with Crippen molar-refractivity contribution in [1.82, 2.24) is 5.32 Å². The van der Waals surface area contributed by atoms with Crippen LogP contribution in [0.3, 0.4) is 0 Å². The van der Waals surface area contributed by atoms with E-state index in [1.807, 2.05) is 0 Å². The normalized spacial score (nSPS) is 30.1. The maximum Gasteiger partial charge on any atom is 0.320 e. The number of ether oxygens (including phenoxy) is 1. The van der Waals surface area contributed by atoms with Gasteiger partial charge in [0.25, 0.3) is 0 Å². The SMILES string of the molecule is CC(NC(C(=O)O)C1CC1)C1CCOC1. The van der Waals surface area contributed by atoms with Crippen molar-refractivity contribution < 1.29 is 14.6 Å². The van der Waals surface area contributed by atoms with E-state index < -0.39 is 5.97 Å². The fourth-order valence-electron chi connectivity index (χ4n) is 2.20. The number of hydrogen-bond acceptors (Lipinski definition) is 3. The van der Waals surface area contributed by atoms with Gasteiger partial charge < -0.3 is 15.2 Å². The van der Waals surface area contributed by atoms with Crippen LogP contribution < -0.4 is 5.32 Å². The number of nitrogens with one attached hydrogen (secondary N) is 1. The molecule has 3 atom stereocenters. The number of aliphatic carboxylic acids is 1. The van der Waals surface area contributed by atoms with Crippen LogP contribution in [0.25, 0.3) is 0 Å². The summed E-state index contributed by atoms with van der Waals surface area (Å²) in [4.78, 5) is 11.0. The minimum atomic E-state index is -0.705. The average Bonchev–Trinajstić information content (AvgIpc) is 2.87. The molecule has 2 aliphatic rings. The quantitative estimate of drug-likeness (QED) is 0.711. The number of carbonyl (C=O) groups is 1. The molecule has 1 aliphatic carbocycles. The molecule has 86 valence electrons. The zero-order valence-electron chi connectivity index (χ0n) is 9.11. The second kappa shape index (κ2) is 4.49. The monoisotopic (exact) mass is 213 g/mol. The molecule has 3 unspecified atom stereocenters. The molecule has 0 bridgehead atoms. The Kier molecular flexibility index (Phi) is 3.26. The molecule has 4 nitrogen and oxygen atoms in total. The molecule has 1 saturated carbocycles. The Bertz CT molecular complexity index is 234. The van der Waals surface area contributed by atoms with Crippen molar-refractivity contribution >= 4 is 5.97 Å². The molecule has 0 aromatic heterocycles. The van der Waals surface area contributed by atoms with E-state index in [2.05, 4.69) is 12.2 Å². The average molecular weight is 213 g/mol. The van der Waals surface area contributed by atoms with E-state index in [0.717, 1.165) is 32.5 Å². The Morgan fingerprint density at radius 3 is 2.60 bits per heavy atom. The Labute approximate surface area is 90.0 Å². The summed E-state index contributed by atoms with van der Waals surface area (Å²) >= 11 is 0. The summed E-state index contributed by atoms with van der Waals surface area (Å²) in [7, 11) is 0. The van der Waals surface area contributed by atoms with E-state index >= 15 is 0 Å². The molecular formula is C11H19NO3. The highest BCUT2D eigenvalue weighted by molar-refractivity contribution is 5.74. The summed E-state index contributed by atoms with van der Waals surface area (Å²) < 4.78 is 5.31. The van der Waals surface area contributed by atoms with Crippen molar-refractivity contribution in [3.8, 4) is 0 Å². The molecule has 2 rings (SSSR count). The maximum atomic E-state index is 11.0. The lowest BCUT2D eigenvalue weighted by molar-refractivity contribution is -0.140. The zero-order chi connectivity index (χ0) is 10.8. The van der Waals surface area contributed by atoms with Gasteiger partial charge in [-0.1, -0.05) is 0 Å². The van der Waals surface area contributed by atoms with Gasteiger partial charge in [-0.25, -0.2) is 0 Å². The summed E-state index contributed by atoms with van der Waals surface area (Å²) in [6.45, 7) is 3.65. The van der Waals surface area contributed by atoms with Gasteiger partial charge in [-0.15, -0.1) is 0 Å². The molecule has 4 heteroatoms. The summed E-state index contributed by atoms with van der Waals surface area (Å²) in [6, 6.07) is -0.102. The smallest absolute Gasteiger partial charge is 0.320 e. The van der Waals surface area contributed by atoms with Crippen molar-refractivity contribution in [3.63, 3.8) is 0 Å². The van der Waals surface area contributed by atoms with Crippen LogP contribution in [-0.2, 0) is 9.53 Å². The van der Waals surface area contributed by atoms with Crippen molar-refractivity contribution in [2.24, 2.45) is 11.8 Å². The molecule has 1 saturated heterocycles. The highest BCUT2D eigenvalue weighted by atomic mass is 16.5. The number of hydrogen-bond donors (Lipinski definition) is 2. The van der Waals surface area contributed by atoms with E-state index in [-0.39, 0.29) is 12.1 Å².